The standard InChI is InChI=1S/C15H24N2O/c16-11-13-5-1-2-6-14(13)12-17(9-10-18)15-7-3-4-8-15/h1-2,5-6,15,18H,3-4,7-12,16H2. The molecule has 0 aromatic heterocycles. The summed E-state index contributed by atoms with van der Waals surface area (Å²) >= 11 is 0. The van der Waals surface area contributed by atoms with Gasteiger partial charge in [0.1, 0.15) is 0 Å². The number of nitrogens with two attached hydrogens (primary N) is 1. The number of benzene rings is 1. The predicted octanol–water partition coefficient (Wildman–Crippen LogP) is 1.88. The summed E-state index contributed by atoms with van der Waals surface area (Å²) in [6.45, 7) is 2.51. The Kier molecular flexibility index (Phi) is 5.17. The number of rotatable bonds is 6. The minimum Gasteiger partial charge on any atom is -0.395 e. The fourth-order valence-corrected chi connectivity index (χ4v) is 2.92. The highest BCUT2D eigenvalue weighted by atomic mass is 16.3. The van der Waals surface area contributed by atoms with Crippen molar-refractivity contribution in [3.05, 3.63) is 35.4 Å². The van der Waals surface area contributed by atoms with Gasteiger partial charge in [-0.3, -0.25) is 4.90 Å². The first-order valence-corrected chi connectivity index (χ1v) is 6.97. The van der Waals surface area contributed by atoms with Crippen LogP contribution in [0, 0.1) is 0 Å². The molecule has 0 amide bonds. The zero-order valence-corrected chi connectivity index (χ0v) is 11.0. The topological polar surface area (TPSA) is 49.5 Å². The average molecular weight is 248 g/mol. The summed E-state index contributed by atoms with van der Waals surface area (Å²) in [6.07, 6.45) is 5.19. The summed E-state index contributed by atoms with van der Waals surface area (Å²) in [5.41, 5.74) is 8.31. The van der Waals surface area contributed by atoms with Crippen molar-refractivity contribution in [3.63, 3.8) is 0 Å². The van der Waals surface area contributed by atoms with Crippen LogP contribution in [0.1, 0.15) is 36.8 Å². The maximum Gasteiger partial charge on any atom is 0.0558 e. The van der Waals surface area contributed by atoms with Crippen LogP contribution in [0.3, 0.4) is 0 Å². The van der Waals surface area contributed by atoms with Gasteiger partial charge in [-0.15, -0.1) is 0 Å². The molecule has 1 fully saturated rings. The lowest BCUT2D eigenvalue weighted by molar-refractivity contribution is 0.144. The second-order valence-electron chi connectivity index (χ2n) is 5.11. The van der Waals surface area contributed by atoms with Crippen LogP contribution in [0.15, 0.2) is 24.3 Å². The fraction of sp³-hybridized carbons (Fsp3) is 0.600. The van der Waals surface area contributed by atoms with Crippen LogP contribution in [0.5, 0.6) is 0 Å². The smallest absolute Gasteiger partial charge is 0.0558 e. The van der Waals surface area contributed by atoms with Gasteiger partial charge in [-0.1, -0.05) is 37.1 Å². The van der Waals surface area contributed by atoms with Gasteiger partial charge in [0.2, 0.25) is 0 Å². The van der Waals surface area contributed by atoms with Crippen LogP contribution in [0.2, 0.25) is 0 Å². The summed E-state index contributed by atoms with van der Waals surface area (Å²) in [7, 11) is 0. The molecule has 0 radical (unpaired) electrons. The Hall–Kier alpha value is -0.900. The molecule has 3 nitrogen and oxygen atoms in total. The van der Waals surface area contributed by atoms with Gasteiger partial charge in [0.05, 0.1) is 6.61 Å². The van der Waals surface area contributed by atoms with Crippen molar-refractivity contribution < 1.29 is 5.11 Å². The molecule has 1 aromatic carbocycles. The quantitative estimate of drug-likeness (QED) is 0.808. The van der Waals surface area contributed by atoms with E-state index < -0.39 is 0 Å². The summed E-state index contributed by atoms with van der Waals surface area (Å²) in [5, 5.41) is 9.24. The van der Waals surface area contributed by atoms with Crippen molar-refractivity contribution >= 4 is 0 Å². The molecule has 0 atom stereocenters. The highest BCUT2D eigenvalue weighted by Crippen LogP contribution is 2.25. The molecule has 0 saturated heterocycles. The van der Waals surface area contributed by atoms with E-state index >= 15 is 0 Å². The van der Waals surface area contributed by atoms with E-state index in [9.17, 15) is 5.11 Å². The van der Waals surface area contributed by atoms with E-state index in [1.54, 1.807) is 0 Å². The summed E-state index contributed by atoms with van der Waals surface area (Å²) in [6, 6.07) is 9.00. The third-order valence-electron chi connectivity index (χ3n) is 3.94. The SMILES string of the molecule is NCc1ccccc1CN(CCO)C1CCCC1. The molecule has 0 heterocycles. The van der Waals surface area contributed by atoms with Crippen molar-refractivity contribution in [2.24, 2.45) is 5.73 Å². The molecule has 1 saturated carbocycles. The van der Waals surface area contributed by atoms with E-state index in [1.165, 1.54) is 36.8 Å². The van der Waals surface area contributed by atoms with Gasteiger partial charge in [-0.05, 0) is 24.0 Å². The monoisotopic (exact) mass is 248 g/mol. The van der Waals surface area contributed by atoms with Crippen LogP contribution in [-0.2, 0) is 13.1 Å². The van der Waals surface area contributed by atoms with Gasteiger partial charge >= 0.3 is 0 Å². The molecule has 1 aliphatic carbocycles. The van der Waals surface area contributed by atoms with E-state index in [-0.39, 0.29) is 6.61 Å². The van der Waals surface area contributed by atoms with E-state index in [1.807, 2.05) is 6.07 Å². The Balaban J connectivity index is 2.07. The second kappa shape index (κ2) is 6.88. The molecule has 3 heteroatoms. The molecule has 0 unspecified atom stereocenters. The first kappa shape index (κ1) is 13.5. The first-order valence-electron chi connectivity index (χ1n) is 6.97. The molecule has 1 aliphatic rings. The van der Waals surface area contributed by atoms with Crippen LogP contribution in [0.25, 0.3) is 0 Å². The molecule has 3 N–H and O–H groups in total. The average Bonchev–Trinajstić information content (AvgIpc) is 2.92. The van der Waals surface area contributed by atoms with Gasteiger partial charge in [0.15, 0.2) is 0 Å². The second-order valence-corrected chi connectivity index (χ2v) is 5.11. The molecule has 18 heavy (non-hydrogen) atoms. The lowest BCUT2D eigenvalue weighted by atomic mass is 10.1. The fourth-order valence-electron chi connectivity index (χ4n) is 2.92. The maximum atomic E-state index is 9.24. The zero-order valence-electron chi connectivity index (χ0n) is 11.0. The highest BCUT2D eigenvalue weighted by Gasteiger charge is 2.22. The Morgan fingerprint density at radius 2 is 1.83 bits per heavy atom. The zero-order chi connectivity index (χ0) is 12.8. The molecule has 0 spiro atoms. The number of aliphatic hydroxyl groups is 1. The maximum absolute atomic E-state index is 9.24. The number of hydrogen-bond acceptors (Lipinski definition) is 3. The van der Waals surface area contributed by atoms with Crippen LogP contribution in [0.4, 0.5) is 0 Å². The van der Waals surface area contributed by atoms with Crippen molar-refractivity contribution in [1.29, 1.82) is 0 Å². The number of aliphatic hydroxyl groups excluding tert-OH is 1. The third-order valence-corrected chi connectivity index (χ3v) is 3.94. The lowest BCUT2D eigenvalue weighted by Crippen LogP contribution is -2.35. The molecular formula is C15H24N2O. The minimum atomic E-state index is 0.237. The van der Waals surface area contributed by atoms with Crippen LogP contribution in [-0.4, -0.2) is 29.2 Å². The largest absolute Gasteiger partial charge is 0.395 e. The molecular weight excluding hydrogens is 224 g/mol. The van der Waals surface area contributed by atoms with Crippen LogP contribution >= 0.6 is 0 Å². The van der Waals surface area contributed by atoms with Crippen molar-refractivity contribution in [3.8, 4) is 0 Å². The summed E-state index contributed by atoms with van der Waals surface area (Å²) < 4.78 is 0. The van der Waals surface area contributed by atoms with Crippen LogP contribution < -0.4 is 5.73 Å². The highest BCUT2D eigenvalue weighted by molar-refractivity contribution is 5.26. The van der Waals surface area contributed by atoms with Crippen molar-refractivity contribution in [1.82, 2.24) is 4.90 Å². The first-order chi connectivity index (χ1) is 8.85. The van der Waals surface area contributed by atoms with Crippen molar-refractivity contribution in [2.45, 2.75) is 44.8 Å². The summed E-state index contributed by atoms with van der Waals surface area (Å²) in [5.74, 6) is 0. The predicted molar refractivity (Wildman–Crippen MR) is 74.1 cm³/mol. The molecule has 1 aromatic rings. The van der Waals surface area contributed by atoms with E-state index in [0.29, 0.717) is 12.6 Å². The van der Waals surface area contributed by atoms with Crippen molar-refractivity contribution in [2.75, 3.05) is 13.2 Å². The summed E-state index contributed by atoms with van der Waals surface area (Å²) in [4.78, 5) is 2.42. The van der Waals surface area contributed by atoms with Gasteiger partial charge in [-0.2, -0.15) is 0 Å². The Bertz CT molecular complexity index is 361. The lowest BCUT2D eigenvalue weighted by Gasteiger charge is -2.28. The van der Waals surface area contributed by atoms with E-state index in [2.05, 4.69) is 23.1 Å². The Morgan fingerprint density at radius 1 is 1.17 bits per heavy atom. The van der Waals surface area contributed by atoms with E-state index in [4.69, 9.17) is 5.73 Å². The van der Waals surface area contributed by atoms with Gasteiger partial charge in [0.25, 0.3) is 0 Å². The number of hydrogen-bond donors (Lipinski definition) is 2. The van der Waals surface area contributed by atoms with Gasteiger partial charge in [-0.25, -0.2) is 0 Å². The number of nitrogens with zero attached hydrogens (tertiary/aromatic N) is 1. The van der Waals surface area contributed by atoms with Gasteiger partial charge in [0, 0.05) is 25.7 Å². The molecule has 2 rings (SSSR count). The Morgan fingerprint density at radius 3 is 2.44 bits per heavy atom. The molecule has 0 bridgehead atoms. The minimum absolute atomic E-state index is 0.237. The normalized spacial score (nSPS) is 16.6. The molecule has 0 aliphatic heterocycles. The third kappa shape index (κ3) is 3.31. The Labute approximate surface area is 110 Å². The van der Waals surface area contributed by atoms with Gasteiger partial charge < -0.3 is 10.8 Å². The molecule has 100 valence electrons. The van der Waals surface area contributed by atoms with E-state index in [0.717, 1.165) is 13.1 Å².